The van der Waals surface area contributed by atoms with E-state index in [1.807, 2.05) is 26.0 Å². The molecule has 0 saturated heterocycles. The first-order valence-corrected chi connectivity index (χ1v) is 10.7. The Labute approximate surface area is 200 Å². The molecule has 6 rings (SSSR count). The van der Waals surface area contributed by atoms with Gasteiger partial charge >= 0.3 is 11.4 Å². The van der Waals surface area contributed by atoms with Crippen molar-refractivity contribution in [3.05, 3.63) is 104 Å². The van der Waals surface area contributed by atoms with E-state index in [2.05, 4.69) is 0 Å². The van der Waals surface area contributed by atoms with Gasteiger partial charge in [-0.1, -0.05) is 24.3 Å². The van der Waals surface area contributed by atoms with Crippen molar-refractivity contribution in [2.75, 3.05) is 0 Å². The zero-order chi connectivity index (χ0) is 25.7. The number of fused-ring (bicyclic) bond motifs is 6. The van der Waals surface area contributed by atoms with Crippen LogP contribution in [-0.4, -0.2) is 9.85 Å². The molecule has 0 atom stereocenters. The molecule has 10 heteroatoms. The normalized spacial score (nSPS) is 11.2. The number of nitro groups is 2. The van der Waals surface area contributed by atoms with E-state index in [1.54, 1.807) is 24.3 Å². The lowest BCUT2D eigenvalue weighted by Gasteiger charge is -1.93. The zero-order valence-corrected chi connectivity index (χ0v) is 18.9. The molecule has 0 spiro atoms. The van der Waals surface area contributed by atoms with Crippen LogP contribution in [0.4, 0.5) is 20.2 Å². The molecule has 180 valence electrons. The molecule has 0 aliphatic carbocycles. The SMILES string of the molecule is Cc1ccc2c(c1)oc1c([N+](=O)[O-])cc(F)cc12.Cc1ccc2c(c1)oc1c([N+](=O)[O-])cc(F)cc12. The van der Waals surface area contributed by atoms with Crippen LogP contribution in [0.5, 0.6) is 0 Å². The number of hydrogen-bond acceptors (Lipinski definition) is 6. The topological polar surface area (TPSA) is 113 Å². The van der Waals surface area contributed by atoms with E-state index in [0.29, 0.717) is 32.7 Å². The summed E-state index contributed by atoms with van der Waals surface area (Å²) in [6, 6.07) is 15.1. The molecular formula is C26H16F2N2O6. The molecule has 0 bridgehead atoms. The summed E-state index contributed by atoms with van der Waals surface area (Å²) in [4.78, 5) is 20.5. The maximum absolute atomic E-state index is 13.4. The molecule has 0 saturated carbocycles. The van der Waals surface area contributed by atoms with Gasteiger partial charge in [0.2, 0.25) is 11.2 Å². The molecule has 0 fully saturated rings. The lowest BCUT2D eigenvalue weighted by atomic mass is 10.1. The largest absolute Gasteiger partial charge is 0.449 e. The first-order valence-electron chi connectivity index (χ1n) is 10.7. The van der Waals surface area contributed by atoms with Gasteiger partial charge < -0.3 is 8.83 Å². The zero-order valence-electron chi connectivity index (χ0n) is 18.9. The Bertz CT molecular complexity index is 1720. The van der Waals surface area contributed by atoms with Crippen LogP contribution in [0.3, 0.4) is 0 Å². The van der Waals surface area contributed by atoms with Crippen molar-refractivity contribution in [3.8, 4) is 0 Å². The number of nitrogens with zero attached hydrogens (tertiary/aromatic N) is 2. The van der Waals surface area contributed by atoms with Crippen LogP contribution in [0, 0.1) is 45.7 Å². The van der Waals surface area contributed by atoms with E-state index in [1.165, 1.54) is 12.1 Å². The number of furan rings is 2. The summed E-state index contributed by atoms with van der Waals surface area (Å²) in [5.41, 5.74) is 2.54. The third-order valence-corrected chi connectivity index (χ3v) is 5.74. The van der Waals surface area contributed by atoms with E-state index in [0.717, 1.165) is 23.3 Å². The first-order chi connectivity index (χ1) is 17.1. The molecule has 2 aromatic heterocycles. The molecule has 4 aromatic carbocycles. The first kappa shape index (κ1) is 22.9. The molecule has 0 aliphatic rings. The highest BCUT2D eigenvalue weighted by atomic mass is 19.1. The predicted molar refractivity (Wildman–Crippen MR) is 130 cm³/mol. The molecule has 0 radical (unpaired) electrons. The summed E-state index contributed by atoms with van der Waals surface area (Å²) < 4.78 is 37.7. The molecule has 0 unspecified atom stereocenters. The average Bonchev–Trinajstić information content (AvgIpc) is 3.35. The Morgan fingerprint density at radius 3 is 1.36 bits per heavy atom. The molecule has 8 nitrogen and oxygen atoms in total. The second-order valence-corrected chi connectivity index (χ2v) is 8.32. The van der Waals surface area contributed by atoms with Gasteiger partial charge in [-0.05, 0) is 49.2 Å². The van der Waals surface area contributed by atoms with Crippen LogP contribution in [0.15, 0.2) is 69.5 Å². The van der Waals surface area contributed by atoms with E-state index in [9.17, 15) is 29.0 Å². The van der Waals surface area contributed by atoms with Crippen molar-refractivity contribution >= 4 is 55.3 Å². The van der Waals surface area contributed by atoms with E-state index in [-0.39, 0.29) is 22.5 Å². The molecule has 2 heterocycles. The molecule has 0 amide bonds. The summed E-state index contributed by atoms with van der Waals surface area (Å²) in [5, 5.41) is 24.0. The van der Waals surface area contributed by atoms with Gasteiger partial charge in [0, 0.05) is 21.5 Å². The molecular weight excluding hydrogens is 474 g/mol. The van der Waals surface area contributed by atoms with Crippen LogP contribution < -0.4 is 0 Å². The summed E-state index contributed by atoms with van der Waals surface area (Å²) in [6.07, 6.45) is 0. The van der Waals surface area contributed by atoms with Crippen LogP contribution in [-0.2, 0) is 0 Å². The number of halogens is 2. The number of non-ortho nitro benzene ring substituents is 2. The number of nitro benzene ring substituents is 2. The van der Waals surface area contributed by atoms with Gasteiger partial charge in [0.05, 0.1) is 22.0 Å². The molecule has 36 heavy (non-hydrogen) atoms. The minimum Gasteiger partial charge on any atom is -0.449 e. The predicted octanol–water partition coefficient (Wildman–Crippen LogP) is 7.88. The summed E-state index contributed by atoms with van der Waals surface area (Å²) >= 11 is 0. The lowest BCUT2D eigenvalue weighted by molar-refractivity contribution is -0.383. The maximum Gasteiger partial charge on any atom is 0.315 e. The Morgan fingerprint density at radius 2 is 1.00 bits per heavy atom. The lowest BCUT2D eigenvalue weighted by Crippen LogP contribution is -1.89. The third kappa shape index (κ3) is 3.88. The van der Waals surface area contributed by atoms with E-state index in [4.69, 9.17) is 8.83 Å². The number of hydrogen-bond donors (Lipinski definition) is 0. The van der Waals surface area contributed by atoms with Gasteiger partial charge in [0.1, 0.15) is 22.8 Å². The van der Waals surface area contributed by atoms with Crippen LogP contribution in [0.1, 0.15) is 11.1 Å². The van der Waals surface area contributed by atoms with Crippen LogP contribution in [0.2, 0.25) is 0 Å². The molecule has 0 aliphatic heterocycles. The van der Waals surface area contributed by atoms with E-state index >= 15 is 0 Å². The van der Waals surface area contributed by atoms with Crippen molar-refractivity contribution < 1.29 is 27.5 Å². The van der Waals surface area contributed by atoms with Gasteiger partial charge in [0.15, 0.2) is 0 Å². The quantitative estimate of drug-likeness (QED) is 0.180. The van der Waals surface area contributed by atoms with E-state index < -0.39 is 21.5 Å². The van der Waals surface area contributed by atoms with Crippen molar-refractivity contribution in [1.29, 1.82) is 0 Å². The summed E-state index contributed by atoms with van der Waals surface area (Å²) in [5.74, 6) is -1.28. The average molecular weight is 490 g/mol. The fourth-order valence-electron chi connectivity index (χ4n) is 4.14. The second kappa shape index (κ2) is 8.42. The second-order valence-electron chi connectivity index (χ2n) is 8.32. The van der Waals surface area contributed by atoms with Gasteiger partial charge in [-0.15, -0.1) is 0 Å². The van der Waals surface area contributed by atoms with Crippen molar-refractivity contribution in [3.63, 3.8) is 0 Å². The Balaban J connectivity index is 0.000000148. The summed E-state index contributed by atoms with van der Waals surface area (Å²) in [7, 11) is 0. The highest BCUT2D eigenvalue weighted by Crippen LogP contribution is 2.36. The molecule has 6 aromatic rings. The van der Waals surface area contributed by atoms with Gasteiger partial charge in [-0.3, -0.25) is 20.2 Å². The third-order valence-electron chi connectivity index (χ3n) is 5.74. The van der Waals surface area contributed by atoms with Gasteiger partial charge in [-0.2, -0.15) is 0 Å². The van der Waals surface area contributed by atoms with Crippen molar-refractivity contribution in [1.82, 2.24) is 0 Å². The van der Waals surface area contributed by atoms with Gasteiger partial charge in [-0.25, -0.2) is 8.78 Å². The summed E-state index contributed by atoms with van der Waals surface area (Å²) in [6.45, 7) is 3.78. The molecule has 0 N–H and O–H groups in total. The Kier molecular flexibility index (Phi) is 5.36. The number of rotatable bonds is 2. The highest BCUT2D eigenvalue weighted by Gasteiger charge is 2.21. The van der Waals surface area contributed by atoms with Gasteiger partial charge in [0.25, 0.3) is 0 Å². The monoisotopic (exact) mass is 490 g/mol. The minimum absolute atomic E-state index is 0.113. The Hall–Kier alpha value is -4.86. The fraction of sp³-hybridized carbons (Fsp3) is 0.0769. The van der Waals surface area contributed by atoms with Crippen molar-refractivity contribution in [2.24, 2.45) is 0 Å². The number of benzene rings is 4. The standard InChI is InChI=1S/2C13H8FNO3/c2*1-7-2-3-9-10-5-8(14)6-11(15(16)17)13(10)18-12(9)4-7/h2*2-6H,1H3. The van der Waals surface area contributed by atoms with Crippen molar-refractivity contribution in [2.45, 2.75) is 13.8 Å². The number of aryl methyl sites for hydroxylation is 2. The fourth-order valence-corrected chi connectivity index (χ4v) is 4.14. The smallest absolute Gasteiger partial charge is 0.315 e. The van der Waals surface area contributed by atoms with Crippen LogP contribution in [0.25, 0.3) is 43.9 Å². The Morgan fingerprint density at radius 1 is 0.611 bits per heavy atom. The minimum atomic E-state index is -0.641. The maximum atomic E-state index is 13.4. The van der Waals surface area contributed by atoms with Crippen LogP contribution >= 0.6 is 0 Å². The highest BCUT2D eigenvalue weighted by molar-refractivity contribution is 6.08.